The van der Waals surface area contributed by atoms with Crippen LogP contribution in [-0.2, 0) is 15.9 Å². The quantitative estimate of drug-likeness (QED) is 0.804. The van der Waals surface area contributed by atoms with E-state index in [4.69, 9.17) is 11.6 Å². The Hall–Kier alpha value is -0.300. The first-order chi connectivity index (χ1) is 8.55. The van der Waals surface area contributed by atoms with Crippen LogP contribution in [0.5, 0.6) is 0 Å². The third kappa shape index (κ3) is 2.82. The lowest BCUT2D eigenvalue weighted by atomic mass is 10.2. The van der Waals surface area contributed by atoms with Crippen LogP contribution in [0.2, 0.25) is 0 Å². The number of halogens is 2. The first kappa shape index (κ1) is 14.1. The van der Waals surface area contributed by atoms with Gasteiger partial charge in [-0.05, 0) is 18.2 Å². The molecule has 0 saturated carbocycles. The highest BCUT2D eigenvalue weighted by molar-refractivity contribution is 7.99. The highest BCUT2D eigenvalue weighted by Gasteiger charge is 2.26. The highest BCUT2D eigenvalue weighted by atomic mass is 35.5. The summed E-state index contributed by atoms with van der Waals surface area (Å²) < 4.78 is 39.4. The first-order valence-corrected chi connectivity index (χ1v) is 8.61. The highest BCUT2D eigenvalue weighted by Crippen LogP contribution is 2.22. The summed E-state index contributed by atoms with van der Waals surface area (Å²) in [5.74, 6) is 1.08. The third-order valence-electron chi connectivity index (χ3n) is 2.77. The van der Waals surface area contributed by atoms with Crippen molar-refractivity contribution in [3.8, 4) is 0 Å². The summed E-state index contributed by atoms with van der Waals surface area (Å²) in [7, 11) is -3.52. The lowest BCUT2D eigenvalue weighted by Crippen LogP contribution is -2.37. The van der Waals surface area contributed by atoms with E-state index < -0.39 is 15.8 Å². The van der Waals surface area contributed by atoms with E-state index in [0.717, 1.165) is 17.6 Å². The van der Waals surface area contributed by atoms with E-state index in [1.165, 1.54) is 16.4 Å². The molecule has 1 saturated heterocycles. The minimum atomic E-state index is -3.52. The Balaban J connectivity index is 2.34. The fraction of sp³-hybridized carbons (Fsp3) is 0.455. The molecular weight excluding hydrogens is 297 g/mol. The number of benzene rings is 1. The number of rotatable bonds is 3. The van der Waals surface area contributed by atoms with Gasteiger partial charge in [-0.2, -0.15) is 16.1 Å². The molecule has 0 aromatic heterocycles. The Bertz CT molecular complexity index is 530. The number of thioether (sulfide) groups is 1. The summed E-state index contributed by atoms with van der Waals surface area (Å²) in [5, 5.41) is 0. The molecule has 0 bridgehead atoms. The van der Waals surface area contributed by atoms with Gasteiger partial charge in [-0.15, -0.1) is 11.6 Å². The Labute approximate surface area is 115 Å². The SMILES string of the molecule is O=S(=O)(c1ccc(F)c(CCl)c1)N1CCSCC1. The Kier molecular flexibility index (Phi) is 4.53. The molecule has 0 spiro atoms. The molecule has 1 aliphatic heterocycles. The van der Waals surface area contributed by atoms with E-state index >= 15 is 0 Å². The Morgan fingerprint density at radius 2 is 2.00 bits per heavy atom. The number of sulfonamides is 1. The molecule has 0 aliphatic carbocycles. The standard InChI is InChI=1S/C11H13ClFNO2S2/c12-8-9-7-10(1-2-11(9)13)18(15,16)14-3-5-17-6-4-14/h1-2,7H,3-6,8H2. The van der Waals surface area contributed by atoms with Gasteiger partial charge in [0.15, 0.2) is 0 Å². The summed E-state index contributed by atoms with van der Waals surface area (Å²) in [6, 6.07) is 3.77. The predicted octanol–water partition coefficient (Wildman–Crippen LogP) is 2.30. The summed E-state index contributed by atoms with van der Waals surface area (Å²) in [6.45, 7) is 1.00. The van der Waals surface area contributed by atoms with Gasteiger partial charge < -0.3 is 0 Å². The second-order valence-corrected chi connectivity index (χ2v) is 7.33. The van der Waals surface area contributed by atoms with E-state index in [1.54, 1.807) is 11.8 Å². The average Bonchev–Trinajstić information content (AvgIpc) is 2.40. The van der Waals surface area contributed by atoms with Crippen molar-refractivity contribution in [2.24, 2.45) is 0 Å². The second kappa shape index (κ2) is 5.77. The molecule has 0 amide bonds. The molecule has 0 atom stereocenters. The molecule has 0 N–H and O–H groups in total. The van der Waals surface area contributed by atoms with Gasteiger partial charge in [0.05, 0.1) is 10.8 Å². The maximum absolute atomic E-state index is 13.3. The molecule has 7 heteroatoms. The lowest BCUT2D eigenvalue weighted by Gasteiger charge is -2.25. The summed E-state index contributed by atoms with van der Waals surface area (Å²) in [4.78, 5) is 0.117. The van der Waals surface area contributed by atoms with E-state index in [0.29, 0.717) is 13.1 Å². The van der Waals surface area contributed by atoms with Gasteiger partial charge in [-0.25, -0.2) is 12.8 Å². The average molecular weight is 310 g/mol. The van der Waals surface area contributed by atoms with Gasteiger partial charge in [-0.3, -0.25) is 0 Å². The molecule has 1 fully saturated rings. The van der Waals surface area contributed by atoms with Crippen molar-refractivity contribution in [1.29, 1.82) is 0 Å². The van der Waals surface area contributed by atoms with E-state index in [9.17, 15) is 12.8 Å². The smallest absolute Gasteiger partial charge is 0.207 e. The van der Waals surface area contributed by atoms with Crippen molar-refractivity contribution in [3.63, 3.8) is 0 Å². The zero-order chi connectivity index (χ0) is 13.2. The molecule has 0 radical (unpaired) electrons. The van der Waals surface area contributed by atoms with Crippen LogP contribution in [0, 0.1) is 5.82 Å². The van der Waals surface area contributed by atoms with Gasteiger partial charge >= 0.3 is 0 Å². The van der Waals surface area contributed by atoms with Gasteiger partial charge in [-0.1, -0.05) is 0 Å². The fourth-order valence-electron chi connectivity index (χ4n) is 1.75. The van der Waals surface area contributed by atoms with Crippen LogP contribution >= 0.6 is 23.4 Å². The molecular formula is C11H13ClFNO2S2. The van der Waals surface area contributed by atoms with E-state index in [1.807, 2.05) is 0 Å². The number of nitrogens with zero attached hydrogens (tertiary/aromatic N) is 1. The summed E-state index contributed by atoms with van der Waals surface area (Å²) in [6.07, 6.45) is 0. The van der Waals surface area contributed by atoms with Crippen LogP contribution in [0.4, 0.5) is 4.39 Å². The zero-order valence-electron chi connectivity index (χ0n) is 9.60. The van der Waals surface area contributed by atoms with Crippen LogP contribution in [-0.4, -0.2) is 37.3 Å². The van der Waals surface area contributed by atoms with E-state index in [2.05, 4.69) is 0 Å². The van der Waals surface area contributed by atoms with Crippen molar-refractivity contribution < 1.29 is 12.8 Å². The van der Waals surface area contributed by atoms with Crippen molar-refractivity contribution in [2.45, 2.75) is 10.8 Å². The summed E-state index contributed by atoms with van der Waals surface area (Å²) in [5.41, 5.74) is 0.212. The maximum atomic E-state index is 13.3. The molecule has 18 heavy (non-hydrogen) atoms. The lowest BCUT2D eigenvalue weighted by molar-refractivity contribution is 0.443. The fourth-order valence-corrected chi connectivity index (χ4v) is 4.58. The van der Waals surface area contributed by atoms with Crippen molar-refractivity contribution >= 4 is 33.4 Å². The van der Waals surface area contributed by atoms with Crippen LogP contribution in [0.25, 0.3) is 0 Å². The number of hydrogen-bond acceptors (Lipinski definition) is 3. The minimum Gasteiger partial charge on any atom is -0.207 e. The Morgan fingerprint density at radius 1 is 1.33 bits per heavy atom. The van der Waals surface area contributed by atoms with Gasteiger partial charge in [0.2, 0.25) is 10.0 Å². The zero-order valence-corrected chi connectivity index (χ0v) is 12.0. The molecule has 1 aromatic rings. The van der Waals surface area contributed by atoms with E-state index in [-0.39, 0.29) is 16.3 Å². The third-order valence-corrected chi connectivity index (χ3v) is 5.89. The summed E-state index contributed by atoms with van der Waals surface area (Å²) >= 11 is 7.32. The molecule has 0 unspecified atom stereocenters. The van der Waals surface area contributed by atoms with Crippen LogP contribution in [0.3, 0.4) is 0 Å². The Morgan fingerprint density at radius 3 is 2.61 bits per heavy atom. The largest absolute Gasteiger partial charge is 0.243 e. The van der Waals surface area contributed by atoms with Crippen molar-refractivity contribution in [3.05, 3.63) is 29.6 Å². The molecule has 3 nitrogen and oxygen atoms in total. The van der Waals surface area contributed by atoms with Crippen molar-refractivity contribution in [1.82, 2.24) is 4.31 Å². The first-order valence-electron chi connectivity index (χ1n) is 5.48. The second-order valence-electron chi connectivity index (χ2n) is 3.90. The molecule has 2 rings (SSSR count). The number of alkyl halides is 1. The monoisotopic (exact) mass is 309 g/mol. The molecule has 1 aromatic carbocycles. The van der Waals surface area contributed by atoms with Gasteiger partial charge in [0.1, 0.15) is 5.82 Å². The molecule has 1 heterocycles. The molecule has 1 aliphatic rings. The van der Waals surface area contributed by atoms with Crippen LogP contribution in [0.15, 0.2) is 23.1 Å². The number of hydrogen-bond donors (Lipinski definition) is 0. The van der Waals surface area contributed by atoms with Crippen molar-refractivity contribution in [2.75, 3.05) is 24.6 Å². The maximum Gasteiger partial charge on any atom is 0.243 e. The molecule has 100 valence electrons. The van der Waals surface area contributed by atoms with Gasteiger partial charge in [0.25, 0.3) is 0 Å². The normalized spacial score (nSPS) is 17.9. The topological polar surface area (TPSA) is 37.4 Å². The van der Waals surface area contributed by atoms with Crippen LogP contribution in [0.1, 0.15) is 5.56 Å². The minimum absolute atomic E-state index is 0.0367. The van der Waals surface area contributed by atoms with Gasteiger partial charge in [0, 0.05) is 30.2 Å². The predicted molar refractivity (Wildman–Crippen MR) is 72.0 cm³/mol. The van der Waals surface area contributed by atoms with Crippen LogP contribution < -0.4 is 0 Å².